The van der Waals surface area contributed by atoms with Gasteiger partial charge >= 0.3 is 5.97 Å². The molecule has 0 aliphatic heterocycles. The molecule has 3 nitrogen and oxygen atoms in total. The van der Waals surface area contributed by atoms with Crippen LogP contribution in [-0.4, -0.2) is 17.1 Å². The Kier molecular flexibility index (Phi) is 9.33. The van der Waals surface area contributed by atoms with Crippen molar-refractivity contribution in [2.75, 3.05) is 0 Å². The van der Waals surface area contributed by atoms with Crippen LogP contribution >= 0.6 is 12.4 Å². The maximum absolute atomic E-state index is 11.1. The standard InChI is InChI=1S/C14H21NO2.ClH/c1-2-3-5-10-13(14(16)17)15-11-12-8-6-4-7-9-12;/h4,6-9,13,15H,2-3,5,10-11H2,1H3,(H,16,17);1H. The first kappa shape index (κ1) is 16.9. The molecule has 18 heavy (non-hydrogen) atoms. The number of carboxylic acids is 1. The molecule has 2 N–H and O–H groups in total. The fourth-order valence-electron chi connectivity index (χ4n) is 1.75. The summed E-state index contributed by atoms with van der Waals surface area (Å²) in [6.07, 6.45) is 3.88. The maximum atomic E-state index is 11.1. The zero-order valence-corrected chi connectivity index (χ0v) is 11.6. The molecule has 1 atom stereocenters. The first-order valence-electron chi connectivity index (χ1n) is 6.24. The zero-order chi connectivity index (χ0) is 12.5. The molecule has 4 heteroatoms. The van der Waals surface area contributed by atoms with E-state index in [-0.39, 0.29) is 12.4 Å². The number of rotatable bonds is 8. The van der Waals surface area contributed by atoms with Crippen LogP contribution in [0.15, 0.2) is 30.3 Å². The van der Waals surface area contributed by atoms with Crippen molar-refractivity contribution in [3.63, 3.8) is 0 Å². The van der Waals surface area contributed by atoms with Gasteiger partial charge in [-0.15, -0.1) is 12.4 Å². The van der Waals surface area contributed by atoms with Crippen LogP contribution in [0.2, 0.25) is 0 Å². The summed E-state index contributed by atoms with van der Waals surface area (Å²) in [7, 11) is 0. The second-order valence-corrected chi connectivity index (χ2v) is 4.25. The third kappa shape index (κ3) is 6.62. The van der Waals surface area contributed by atoms with Gasteiger partial charge in [-0.3, -0.25) is 4.79 Å². The molecular formula is C14H22ClNO2. The Hall–Kier alpha value is -1.06. The van der Waals surface area contributed by atoms with Gasteiger partial charge in [0.15, 0.2) is 0 Å². The molecule has 1 aromatic carbocycles. The molecule has 0 amide bonds. The van der Waals surface area contributed by atoms with Crippen molar-refractivity contribution < 1.29 is 9.90 Å². The smallest absolute Gasteiger partial charge is 0.320 e. The third-order valence-corrected chi connectivity index (χ3v) is 2.79. The number of aliphatic carboxylic acids is 1. The summed E-state index contributed by atoms with van der Waals surface area (Å²) in [6.45, 7) is 2.73. The highest BCUT2D eigenvalue weighted by Crippen LogP contribution is 2.05. The number of nitrogens with one attached hydrogen (secondary N) is 1. The fraction of sp³-hybridized carbons (Fsp3) is 0.500. The van der Waals surface area contributed by atoms with E-state index in [9.17, 15) is 4.79 Å². The van der Waals surface area contributed by atoms with Crippen LogP contribution in [0.3, 0.4) is 0 Å². The van der Waals surface area contributed by atoms with Crippen LogP contribution in [-0.2, 0) is 11.3 Å². The summed E-state index contributed by atoms with van der Waals surface area (Å²) in [6, 6.07) is 9.45. The van der Waals surface area contributed by atoms with Crippen LogP contribution in [0, 0.1) is 0 Å². The minimum absolute atomic E-state index is 0. The minimum Gasteiger partial charge on any atom is -0.480 e. The highest BCUT2D eigenvalue weighted by molar-refractivity contribution is 5.85. The number of hydrogen-bond donors (Lipinski definition) is 2. The van der Waals surface area contributed by atoms with Crippen LogP contribution in [0.5, 0.6) is 0 Å². The Labute approximate surface area is 115 Å². The van der Waals surface area contributed by atoms with Crippen LogP contribution in [0.1, 0.15) is 38.2 Å². The molecule has 102 valence electrons. The van der Waals surface area contributed by atoms with E-state index in [0.717, 1.165) is 24.8 Å². The van der Waals surface area contributed by atoms with Gasteiger partial charge in [0.2, 0.25) is 0 Å². The summed E-state index contributed by atoms with van der Waals surface area (Å²) >= 11 is 0. The van der Waals surface area contributed by atoms with Gasteiger partial charge < -0.3 is 10.4 Å². The average Bonchev–Trinajstić information content (AvgIpc) is 2.34. The molecule has 0 saturated heterocycles. The van der Waals surface area contributed by atoms with Crippen LogP contribution < -0.4 is 5.32 Å². The number of carboxylic acid groups (broad SMARTS) is 1. The molecule has 0 radical (unpaired) electrons. The summed E-state index contributed by atoms with van der Waals surface area (Å²) < 4.78 is 0. The second-order valence-electron chi connectivity index (χ2n) is 4.25. The van der Waals surface area contributed by atoms with Gasteiger partial charge in [-0.2, -0.15) is 0 Å². The van der Waals surface area contributed by atoms with E-state index in [0.29, 0.717) is 13.0 Å². The van der Waals surface area contributed by atoms with Crippen LogP contribution in [0.4, 0.5) is 0 Å². The lowest BCUT2D eigenvalue weighted by Gasteiger charge is -2.14. The first-order valence-corrected chi connectivity index (χ1v) is 6.24. The van der Waals surface area contributed by atoms with Gasteiger partial charge in [-0.05, 0) is 12.0 Å². The number of unbranched alkanes of at least 4 members (excludes halogenated alkanes) is 2. The van der Waals surface area contributed by atoms with Crippen molar-refractivity contribution in [1.29, 1.82) is 0 Å². The molecule has 0 saturated carbocycles. The molecule has 0 aliphatic carbocycles. The quantitative estimate of drug-likeness (QED) is 0.714. The van der Waals surface area contributed by atoms with Crippen molar-refractivity contribution in [2.45, 2.75) is 45.2 Å². The number of halogens is 1. The predicted octanol–water partition coefficient (Wildman–Crippen LogP) is 3.23. The normalized spacial score (nSPS) is 11.6. The Morgan fingerprint density at radius 3 is 2.50 bits per heavy atom. The third-order valence-electron chi connectivity index (χ3n) is 2.79. The molecule has 0 aliphatic rings. The molecule has 1 rings (SSSR count). The van der Waals surface area contributed by atoms with Crippen molar-refractivity contribution >= 4 is 18.4 Å². The topological polar surface area (TPSA) is 49.3 Å². The Morgan fingerprint density at radius 1 is 1.28 bits per heavy atom. The molecule has 0 spiro atoms. The molecular weight excluding hydrogens is 250 g/mol. The van der Waals surface area contributed by atoms with Gasteiger partial charge in [0.25, 0.3) is 0 Å². The Morgan fingerprint density at radius 2 is 1.94 bits per heavy atom. The molecule has 0 bridgehead atoms. The van der Waals surface area contributed by atoms with E-state index in [2.05, 4.69) is 12.2 Å². The maximum Gasteiger partial charge on any atom is 0.320 e. The fourth-order valence-corrected chi connectivity index (χ4v) is 1.75. The van der Waals surface area contributed by atoms with E-state index >= 15 is 0 Å². The number of hydrogen-bond acceptors (Lipinski definition) is 2. The van der Waals surface area contributed by atoms with Gasteiger partial charge in [0.1, 0.15) is 6.04 Å². The van der Waals surface area contributed by atoms with Gasteiger partial charge in [-0.25, -0.2) is 0 Å². The monoisotopic (exact) mass is 271 g/mol. The highest BCUT2D eigenvalue weighted by atomic mass is 35.5. The molecule has 1 aromatic rings. The lowest BCUT2D eigenvalue weighted by molar-refractivity contribution is -0.139. The summed E-state index contributed by atoms with van der Waals surface area (Å²) in [4.78, 5) is 11.1. The molecule has 0 aromatic heterocycles. The number of benzene rings is 1. The summed E-state index contributed by atoms with van der Waals surface area (Å²) in [5.41, 5.74) is 1.12. The van der Waals surface area contributed by atoms with Crippen molar-refractivity contribution in [2.24, 2.45) is 0 Å². The molecule has 0 fully saturated rings. The largest absolute Gasteiger partial charge is 0.480 e. The lowest BCUT2D eigenvalue weighted by atomic mass is 10.1. The van der Waals surface area contributed by atoms with E-state index in [4.69, 9.17) is 5.11 Å². The summed E-state index contributed by atoms with van der Waals surface area (Å²) in [5.74, 6) is -0.753. The Balaban J connectivity index is 0.00000289. The number of carbonyl (C=O) groups is 1. The van der Waals surface area contributed by atoms with E-state index in [1.165, 1.54) is 0 Å². The van der Waals surface area contributed by atoms with E-state index < -0.39 is 12.0 Å². The zero-order valence-electron chi connectivity index (χ0n) is 10.8. The van der Waals surface area contributed by atoms with Crippen molar-refractivity contribution in [3.05, 3.63) is 35.9 Å². The Bertz CT molecular complexity index is 330. The lowest BCUT2D eigenvalue weighted by Crippen LogP contribution is -2.36. The second kappa shape index (κ2) is 9.92. The minimum atomic E-state index is -0.753. The van der Waals surface area contributed by atoms with Gasteiger partial charge in [-0.1, -0.05) is 56.5 Å². The van der Waals surface area contributed by atoms with Gasteiger partial charge in [0.05, 0.1) is 0 Å². The SMILES string of the molecule is CCCCCC(NCc1ccccc1)C(=O)O.Cl. The van der Waals surface area contributed by atoms with E-state index in [1.54, 1.807) is 0 Å². The highest BCUT2D eigenvalue weighted by Gasteiger charge is 2.15. The van der Waals surface area contributed by atoms with Gasteiger partial charge in [0, 0.05) is 6.54 Å². The first-order chi connectivity index (χ1) is 8.24. The molecule has 0 heterocycles. The van der Waals surface area contributed by atoms with Crippen molar-refractivity contribution in [1.82, 2.24) is 5.32 Å². The summed E-state index contributed by atoms with van der Waals surface area (Å²) in [5, 5.41) is 12.2. The van der Waals surface area contributed by atoms with E-state index in [1.807, 2.05) is 30.3 Å². The average molecular weight is 272 g/mol. The van der Waals surface area contributed by atoms with Crippen LogP contribution in [0.25, 0.3) is 0 Å². The van der Waals surface area contributed by atoms with Crippen molar-refractivity contribution in [3.8, 4) is 0 Å². The predicted molar refractivity (Wildman–Crippen MR) is 76.1 cm³/mol. The molecule has 1 unspecified atom stereocenters.